The highest BCUT2D eigenvalue weighted by molar-refractivity contribution is 6.37. The van der Waals surface area contributed by atoms with Gasteiger partial charge >= 0.3 is 0 Å². The Balaban J connectivity index is 1.71. The molecule has 2 aromatic carbocycles. The van der Waals surface area contributed by atoms with E-state index in [1.165, 1.54) is 19.3 Å². The fourth-order valence-electron chi connectivity index (χ4n) is 3.76. The van der Waals surface area contributed by atoms with E-state index < -0.39 is 5.38 Å². The summed E-state index contributed by atoms with van der Waals surface area (Å²) in [5, 5.41) is -0.484. The lowest BCUT2D eigenvalue weighted by atomic mass is 9.92. The number of benzene rings is 2. The number of carbonyl (C=O) groups excluding carboxylic acids is 1. The number of rotatable bonds is 3. The summed E-state index contributed by atoms with van der Waals surface area (Å²) in [5.41, 5.74) is 3.22. The molecule has 2 saturated heterocycles. The predicted octanol–water partition coefficient (Wildman–Crippen LogP) is 4.37. The summed E-state index contributed by atoms with van der Waals surface area (Å²) < 4.78 is 0. The van der Waals surface area contributed by atoms with E-state index in [0.717, 1.165) is 30.0 Å². The maximum Gasteiger partial charge on any atom is 0.248 e. The van der Waals surface area contributed by atoms with Gasteiger partial charge in [0.05, 0.1) is 17.4 Å². The molecular weight excluding hydrogens is 320 g/mol. The lowest BCUT2D eigenvalue weighted by molar-refractivity contribution is -0.123. The van der Waals surface area contributed by atoms with Crippen molar-refractivity contribution in [1.82, 2.24) is 0 Å². The van der Waals surface area contributed by atoms with Crippen molar-refractivity contribution in [1.29, 1.82) is 0 Å². The molecule has 0 N–H and O–H groups in total. The van der Waals surface area contributed by atoms with Crippen LogP contribution in [0.5, 0.6) is 0 Å². The minimum atomic E-state index is -0.484. The van der Waals surface area contributed by atoms with Crippen molar-refractivity contribution in [2.24, 2.45) is 0 Å². The van der Waals surface area contributed by atoms with Gasteiger partial charge in [-0.25, -0.2) is 0 Å². The monoisotopic (exact) mass is 340 g/mol. The minimum absolute atomic E-state index is 0.00465. The first-order chi connectivity index (χ1) is 11.8. The van der Waals surface area contributed by atoms with Gasteiger partial charge in [0.25, 0.3) is 0 Å². The normalized spacial score (nSPS) is 24.0. The van der Waals surface area contributed by atoms with Gasteiger partial charge in [0.2, 0.25) is 5.91 Å². The highest BCUT2D eigenvalue weighted by Crippen LogP contribution is 2.45. The molecule has 0 saturated carbocycles. The first-order valence-electron chi connectivity index (χ1n) is 8.63. The van der Waals surface area contributed by atoms with Gasteiger partial charge in [-0.1, -0.05) is 42.5 Å². The SMILES string of the molecule is O=C1[C@H](Cl)[C@@H](c2ccccc2)N1c1ccccc1N1CCCCC1. The fourth-order valence-corrected chi connectivity index (χ4v) is 4.12. The van der Waals surface area contributed by atoms with Crippen LogP contribution in [-0.4, -0.2) is 24.4 Å². The predicted molar refractivity (Wildman–Crippen MR) is 98.8 cm³/mol. The highest BCUT2D eigenvalue weighted by atomic mass is 35.5. The first kappa shape index (κ1) is 15.5. The van der Waals surface area contributed by atoms with Crippen molar-refractivity contribution in [2.45, 2.75) is 30.7 Å². The van der Waals surface area contributed by atoms with Gasteiger partial charge in [-0.05, 0) is 37.0 Å². The first-order valence-corrected chi connectivity index (χ1v) is 9.07. The Kier molecular flexibility index (Phi) is 4.19. The molecule has 0 aromatic heterocycles. The molecule has 1 amide bonds. The van der Waals surface area contributed by atoms with Gasteiger partial charge in [-0.3, -0.25) is 9.69 Å². The van der Waals surface area contributed by atoms with Crippen LogP contribution in [0.25, 0.3) is 0 Å². The molecule has 3 nitrogen and oxygen atoms in total. The Morgan fingerprint density at radius 1 is 0.833 bits per heavy atom. The number of hydrogen-bond donors (Lipinski definition) is 0. The quantitative estimate of drug-likeness (QED) is 0.611. The van der Waals surface area contributed by atoms with Crippen molar-refractivity contribution in [2.75, 3.05) is 22.9 Å². The topological polar surface area (TPSA) is 23.6 Å². The lowest BCUT2D eigenvalue weighted by Gasteiger charge is -2.46. The third kappa shape index (κ3) is 2.57. The van der Waals surface area contributed by atoms with Crippen molar-refractivity contribution in [3.63, 3.8) is 0 Å². The van der Waals surface area contributed by atoms with Gasteiger partial charge in [-0.2, -0.15) is 0 Å². The van der Waals surface area contributed by atoms with Crippen LogP contribution in [-0.2, 0) is 4.79 Å². The maximum atomic E-state index is 12.6. The van der Waals surface area contributed by atoms with Gasteiger partial charge in [0.15, 0.2) is 0 Å². The maximum absolute atomic E-state index is 12.6. The van der Waals surface area contributed by atoms with Crippen LogP contribution >= 0.6 is 11.6 Å². The van der Waals surface area contributed by atoms with E-state index >= 15 is 0 Å². The summed E-state index contributed by atoms with van der Waals surface area (Å²) >= 11 is 6.38. The number of alkyl halides is 1. The van der Waals surface area contributed by atoms with Crippen LogP contribution in [0, 0.1) is 0 Å². The van der Waals surface area contributed by atoms with Crippen LogP contribution in [0.15, 0.2) is 54.6 Å². The number of amides is 1. The Labute approximate surface area is 147 Å². The summed E-state index contributed by atoms with van der Waals surface area (Å²) in [4.78, 5) is 16.8. The second kappa shape index (κ2) is 6.48. The molecule has 0 unspecified atom stereocenters. The summed E-state index contributed by atoms with van der Waals surface area (Å²) in [6.07, 6.45) is 3.71. The van der Waals surface area contributed by atoms with Crippen molar-refractivity contribution in [3.05, 3.63) is 60.2 Å². The second-order valence-electron chi connectivity index (χ2n) is 6.50. The molecule has 2 atom stereocenters. The fraction of sp³-hybridized carbons (Fsp3) is 0.350. The van der Waals surface area contributed by atoms with E-state index in [4.69, 9.17) is 11.6 Å². The number of halogens is 1. The molecule has 2 heterocycles. The number of carbonyl (C=O) groups is 1. The molecule has 124 valence electrons. The van der Waals surface area contributed by atoms with E-state index in [9.17, 15) is 4.79 Å². The van der Waals surface area contributed by atoms with E-state index in [0.29, 0.717) is 0 Å². The Bertz CT molecular complexity index is 727. The van der Waals surface area contributed by atoms with E-state index in [1.54, 1.807) is 0 Å². The van der Waals surface area contributed by atoms with Crippen LogP contribution in [0.4, 0.5) is 11.4 Å². The zero-order valence-corrected chi connectivity index (χ0v) is 14.3. The molecular formula is C20H21ClN2O. The Morgan fingerprint density at radius 2 is 1.46 bits per heavy atom. The molecule has 2 aromatic rings. The molecule has 0 aliphatic carbocycles. The van der Waals surface area contributed by atoms with Crippen molar-refractivity contribution < 1.29 is 4.79 Å². The molecule has 2 aliphatic heterocycles. The summed E-state index contributed by atoms with van der Waals surface area (Å²) in [7, 11) is 0. The summed E-state index contributed by atoms with van der Waals surface area (Å²) in [6.45, 7) is 2.11. The number of β-lactam (4-membered cyclic amide) rings is 1. The minimum Gasteiger partial charge on any atom is -0.370 e. The standard InChI is InChI=1S/C20H21ClN2O/c21-18-19(15-9-3-1-4-10-15)23(20(18)24)17-12-6-5-11-16(17)22-13-7-2-8-14-22/h1,3-6,9-12,18-19H,2,7-8,13-14H2/t18-,19-/m1/s1. The number of hydrogen-bond acceptors (Lipinski definition) is 2. The third-order valence-corrected chi connectivity index (χ3v) is 5.43. The largest absolute Gasteiger partial charge is 0.370 e. The highest BCUT2D eigenvalue weighted by Gasteiger charge is 2.48. The third-order valence-electron chi connectivity index (χ3n) is 5.01. The summed E-state index contributed by atoms with van der Waals surface area (Å²) in [6, 6.07) is 18.2. The average molecular weight is 341 g/mol. The smallest absolute Gasteiger partial charge is 0.248 e. The number of piperidine rings is 1. The Hall–Kier alpha value is -2.00. The molecule has 0 bridgehead atoms. The molecule has 0 radical (unpaired) electrons. The summed E-state index contributed by atoms with van der Waals surface area (Å²) in [5.74, 6) is -0.00465. The number of nitrogens with zero attached hydrogens (tertiary/aromatic N) is 2. The van der Waals surface area contributed by atoms with E-state index in [-0.39, 0.29) is 11.9 Å². The molecule has 4 heteroatoms. The van der Waals surface area contributed by atoms with Crippen LogP contribution in [0.1, 0.15) is 30.9 Å². The second-order valence-corrected chi connectivity index (χ2v) is 6.97. The van der Waals surface area contributed by atoms with Crippen LogP contribution in [0.2, 0.25) is 0 Å². The number of para-hydroxylation sites is 2. The number of anilines is 2. The Morgan fingerprint density at radius 3 is 2.17 bits per heavy atom. The van der Waals surface area contributed by atoms with E-state index in [2.05, 4.69) is 11.0 Å². The average Bonchev–Trinajstić information content (AvgIpc) is 2.66. The molecule has 2 aliphatic rings. The molecule has 4 rings (SSSR count). The molecule has 0 spiro atoms. The van der Waals surface area contributed by atoms with Crippen molar-refractivity contribution in [3.8, 4) is 0 Å². The molecule has 24 heavy (non-hydrogen) atoms. The van der Waals surface area contributed by atoms with Crippen LogP contribution < -0.4 is 9.80 Å². The van der Waals surface area contributed by atoms with Crippen LogP contribution in [0.3, 0.4) is 0 Å². The zero-order chi connectivity index (χ0) is 16.5. The molecule has 2 fully saturated rings. The lowest BCUT2D eigenvalue weighted by Crippen LogP contribution is -2.57. The van der Waals surface area contributed by atoms with E-state index in [1.807, 2.05) is 53.4 Å². The van der Waals surface area contributed by atoms with Gasteiger partial charge < -0.3 is 4.90 Å². The zero-order valence-electron chi connectivity index (χ0n) is 13.6. The van der Waals surface area contributed by atoms with Gasteiger partial charge in [0, 0.05) is 13.1 Å². The van der Waals surface area contributed by atoms with Crippen molar-refractivity contribution >= 4 is 28.9 Å². The van der Waals surface area contributed by atoms with Gasteiger partial charge in [0.1, 0.15) is 5.38 Å². The van der Waals surface area contributed by atoms with Gasteiger partial charge in [-0.15, -0.1) is 11.6 Å².